The van der Waals surface area contributed by atoms with Crippen LogP contribution in [-0.4, -0.2) is 5.91 Å². The smallest absolute Gasteiger partial charge is 0.238 e. The van der Waals surface area contributed by atoms with Gasteiger partial charge in [0.1, 0.15) is 5.25 Å². The van der Waals surface area contributed by atoms with Crippen LogP contribution in [0.1, 0.15) is 16.4 Å². The Kier molecular flexibility index (Phi) is 5.64. The van der Waals surface area contributed by atoms with Crippen LogP contribution < -0.4 is 10.3 Å². The van der Waals surface area contributed by atoms with Crippen LogP contribution in [0.4, 0.5) is 0 Å². The van der Waals surface area contributed by atoms with Crippen LogP contribution in [0.15, 0.2) is 90.1 Å². The summed E-state index contributed by atoms with van der Waals surface area (Å²) in [5, 5.41) is 2.77. The van der Waals surface area contributed by atoms with E-state index in [0.29, 0.717) is 6.54 Å². The first kappa shape index (κ1) is 16.3. The second-order valence-electron chi connectivity index (χ2n) is 5.35. The Bertz CT molecular complexity index is 763. The highest BCUT2D eigenvalue weighted by Crippen LogP contribution is 2.35. The van der Waals surface area contributed by atoms with Gasteiger partial charge in [0.2, 0.25) is 5.91 Å². The van der Waals surface area contributed by atoms with E-state index in [2.05, 4.69) is 10.3 Å². The summed E-state index contributed by atoms with van der Waals surface area (Å²) in [5.74, 6) is 0.0166. The lowest BCUT2D eigenvalue weighted by Crippen LogP contribution is -2.27. The number of nitrogens with one attached hydrogen (secondary N) is 2. The second-order valence-corrected chi connectivity index (χ2v) is 6.53. The molecule has 3 rings (SSSR count). The zero-order valence-corrected chi connectivity index (χ0v) is 14.0. The predicted octanol–water partition coefficient (Wildman–Crippen LogP) is 3.65. The fourth-order valence-corrected chi connectivity index (χ4v) is 3.43. The number of carbonyl (C=O) groups excluding carboxylic acids is 1. The Balaban J connectivity index is 1.75. The number of benzene rings is 2. The van der Waals surface area contributed by atoms with E-state index in [0.717, 1.165) is 16.0 Å². The Hall–Kier alpha value is -2.59. The minimum atomic E-state index is -0.274. The first-order chi connectivity index (χ1) is 11.8. The molecule has 1 amide bonds. The SMILES string of the molecule is O=C(NCc1cc[nH+]cc1)C(Sc1ccccc1)c1ccccc1. The molecule has 1 heterocycles. The van der Waals surface area contributed by atoms with Crippen LogP contribution >= 0.6 is 11.8 Å². The van der Waals surface area contributed by atoms with Crippen molar-refractivity contribution in [2.24, 2.45) is 0 Å². The van der Waals surface area contributed by atoms with Gasteiger partial charge in [0.25, 0.3) is 0 Å². The molecule has 2 aromatic carbocycles. The number of rotatable bonds is 6. The van der Waals surface area contributed by atoms with Crippen molar-refractivity contribution in [2.45, 2.75) is 16.7 Å². The van der Waals surface area contributed by atoms with E-state index in [1.165, 1.54) is 0 Å². The standard InChI is InChI=1S/C20H18N2OS/c23-20(22-15-16-11-13-21-14-12-16)19(17-7-3-1-4-8-17)24-18-9-5-2-6-10-18/h1-14,19H,15H2,(H,22,23)/p+1. The highest BCUT2D eigenvalue weighted by Gasteiger charge is 2.21. The summed E-state index contributed by atoms with van der Waals surface area (Å²) in [6.07, 6.45) is 3.71. The van der Waals surface area contributed by atoms with E-state index >= 15 is 0 Å². The number of hydrogen-bond donors (Lipinski definition) is 1. The van der Waals surface area contributed by atoms with Gasteiger partial charge in [0.05, 0.1) is 0 Å². The Labute approximate surface area is 146 Å². The van der Waals surface area contributed by atoms with Crippen molar-refractivity contribution in [1.82, 2.24) is 5.32 Å². The van der Waals surface area contributed by atoms with Gasteiger partial charge in [-0.3, -0.25) is 4.79 Å². The third-order valence-electron chi connectivity index (χ3n) is 3.59. The molecule has 1 aromatic heterocycles. The van der Waals surface area contributed by atoms with Gasteiger partial charge in [-0.1, -0.05) is 48.5 Å². The van der Waals surface area contributed by atoms with Crippen LogP contribution in [0, 0.1) is 0 Å². The molecule has 0 aliphatic heterocycles. The van der Waals surface area contributed by atoms with E-state index in [4.69, 9.17) is 0 Å². The maximum absolute atomic E-state index is 12.8. The number of pyridine rings is 1. The molecule has 0 aliphatic carbocycles. The van der Waals surface area contributed by atoms with Crippen molar-refractivity contribution in [2.75, 3.05) is 0 Å². The highest BCUT2D eigenvalue weighted by molar-refractivity contribution is 8.00. The van der Waals surface area contributed by atoms with Crippen molar-refractivity contribution in [1.29, 1.82) is 0 Å². The average molecular weight is 335 g/mol. The van der Waals surface area contributed by atoms with E-state index in [1.54, 1.807) is 11.8 Å². The van der Waals surface area contributed by atoms with Crippen LogP contribution in [0.3, 0.4) is 0 Å². The molecule has 120 valence electrons. The van der Waals surface area contributed by atoms with Crippen LogP contribution in [0.5, 0.6) is 0 Å². The molecular weight excluding hydrogens is 316 g/mol. The van der Waals surface area contributed by atoms with E-state index in [9.17, 15) is 4.79 Å². The van der Waals surface area contributed by atoms with E-state index in [1.807, 2.05) is 85.2 Å². The molecule has 0 saturated carbocycles. The fourth-order valence-electron chi connectivity index (χ4n) is 2.36. The summed E-state index contributed by atoms with van der Waals surface area (Å²) in [6.45, 7) is 0.520. The molecule has 0 radical (unpaired) electrons. The molecule has 1 unspecified atom stereocenters. The van der Waals surface area contributed by atoms with Crippen LogP contribution in [-0.2, 0) is 11.3 Å². The predicted molar refractivity (Wildman–Crippen MR) is 96.3 cm³/mol. The lowest BCUT2D eigenvalue weighted by atomic mass is 10.1. The summed E-state index contributed by atoms with van der Waals surface area (Å²) in [7, 11) is 0. The van der Waals surface area contributed by atoms with E-state index < -0.39 is 0 Å². The number of hydrogen-bond acceptors (Lipinski definition) is 2. The molecule has 0 aliphatic rings. The number of aromatic nitrogens is 1. The summed E-state index contributed by atoms with van der Waals surface area (Å²) in [6, 6.07) is 23.8. The van der Waals surface area contributed by atoms with Crippen molar-refractivity contribution >= 4 is 17.7 Å². The molecule has 0 bridgehead atoms. The molecule has 24 heavy (non-hydrogen) atoms. The third-order valence-corrected chi connectivity index (χ3v) is 4.86. The van der Waals surface area contributed by atoms with Crippen molar-refractivity contribution < 1.29 is 9.78 Å². The van der Waals surface area contributed by atoms with Gasteiger partial charge in [-0.15, -0.1) is 11.8 Å². The largest absolute Gasteiger partial charge is 0.351 e. The zero-order valence-electron chi connectivity index (χ0n) is 13.2. The maximum Gasteiger partial charge on any atom is 0.238 e. The molecule has 0 fully saturated rings. The number of amides is 1. The summed E-state index contributed by atoms with van der Waals surface area (Å²) in [4.78, 5) is 16.8. The quantitative estimate of drug-likeness (QED) is 0.699. The summed E-state index contributed by atoms with van der Waals surface area (Å²) >= 11 is 1.57. The van der Waals surface area contributed by atoms with Gasteiger partial charge < -0.3 is 5.32 Å². The molecule has 3 nitrogen and oxygen atoms in total. The molecule has 1 atom stereocenters. The Morgan fingerprint density at radius 3 is 2.21 bits per heavy atom. The molecule has 0 spiro atoms. The summed E-state index contributed by atoms with van der Waals surface area (Å²) < 4.78 is 0. The lowest BCUT2D eigenvalue weighted by molar-refractivity contribution is -0.378. The molecule has 2 N–H and O–H groups in total. The Morgan fingerprint density at radius 1 is 0.917 bits per heavy atom. The minimum absolute atomic E-state index is 0.0166. The van der Waals surface area contributed by atoms with Crippen molar-refractivity contribution in [3.8, 4) is 0 Å². The number of H-pyrrole nitrogens is 1. The van der Waals surface area contributed by atoms with Gasteiger partial charge in [-0.2, -0.15) is 0 Å². The van der Waals surface area contributed by atoms with Crippen molar-refractivity contribution in [3.63, 3.8) is 0 Å². The highest BCUT2D eigenvalue weighted by atomic mass is 32.2. The first-order valence-electron chi connectivity index (χ1n) is 7.82. The summed E-state index contributed by atoms with van der Waals surface area (Å²) in [5.41, 5.74) is 2.07. The Morgan fingerprint density at radius 2 is 1.54 bits per heavy atom. The number of thioether (sulfide) groups is 1. The normalized spacial score (nSPS) is 11.7. The fraction of sp³-hybridized carbons (Fsp3) is 0.100. The van der Waals surface area contributed by atoms with Crippen LogP contribution in [0.2, 0.25) is 0 Å². The van der Waals surface area contributed by atoms with E-state index in [-0.39, 0.29) is 11.2 Å². The third kappa shape index (κ3) is 4.46. The molecule has 4 heteroatoms. The van der Waals surface area contributed by atoms with Gasteiger partial charge in [-0.25, -0.2) is 4.98 Å². The zero-order chi connectivity index (χ0) is 16.6. The minimum Gasteiger partial charge on any atom is -0.351 e. The topological polar surface area (TPSA) is 43.2 Å². The average Bonchev–Trinajstić information content (AvgIpc) is 2.66. The number of carbonyl (C=O) groups is 1. The lowest BCUT2D eigenvalue weighted by Gasteiger charge is -2.17. The molecule has 3 aromatic rings. The second kappa shape index (κ2) is 8.31. The van der Waals surface area contributed by atoms with Gasteiger partial charge >= 0.3 is 0 Å². The van der Waals surface area contributed by atoms with Crippen LogP contribution in [0.25, 0.3) is 0 Å². The van der Waals surface area contributed by atoms with Crippen molar-refractivity contribution in [3.05, 3.63) is 96.3 Å². The molecular formula is C20H19N2OS+. The molecule has 0 saturated heterocycles. The monoisotopic (exact) mass is 335 g/mol. The maximum atomic E-state index is 12.8. The van der Waals surface area contributed by atoms with Gasteiger partial charge in [-0.05, 0) is 23.3 Å². The van der Waals surface area contributed by atoms with Gasteiger partial charge in [0.15, 0.2) is 12.4 Å². The first-order valence-corrected chi connectivity index (χ1v) is 8.70. The number of aromatic amines is 1. The van der Waals surface area contributed by atoms with Gasteiger partial charge in [0, 0.05) is 23.6 Å².